The van der Waals surface area contributed by atoms with Gasteiger partial charge < -0.3 is 19.9 Å². The summed E-state index contributed by atoms with van der Waals surface area (Å²) in [6.45, 7) is 1.67. The van der Waals surface area contributed by atoms with Crippen molar-refractivity contribution in [3.8, 4) is 11.5 Å². The van der Waals surface area contributed by atoms with E-state index in [2.05, 4.69) is 5.32 Å². The molecule has 0 heterocycles. The average molecular weight is 343 g/mol. The molecule has 0 radical (unpaired) electrons. The predicted octanol–water partition coefficient (Wildman–Crippen LogP) is 2.96. The SMILES string of the molecule is CCC(=O)Oc1ccc(C(=O)Nc2ccc(C(=O)O)cc2)cc1OC. The Morgan fingerprint density at radius 2 is 1.64 bits per heavy atom. The van der Waals surface area contributed by atoms with Gasteiger partial charge in [-0.1, -0.05) is 6.92 Å². The normalized spacial score (nSPS) is 10.0. The minimum Gasteiger partial charge on any atom is -0.493 e. The van der Waals surface area contributed by atoms with Crippen molar-refractivity contribution < 1.29 is 29.0 Å². The first-order chi connectivity index (χ1) is 11.9. The van der Waals surface area contributed by atoms with Crippen LogP contribution in [0.25, 0.3) is 0 Å². The Kier molecular flexibility index (Phi) is 5.73. The lowest BCUT2D eigenvalue weighted by molar-refractivity contribution is -0.134. The van der Waals surface area contributed by atoms with Gasteiger partial charge in [-0.2, -0.15) is 0 Å². The van der Waals surface area contributed by atoms with Gasteiger partial charge >= 0.3 is 11.9 Å². The maximum atomic E-state index is 12.3. The molecule has 1 amide bonds. The molecule has 0 unspecified atom stereocenters. The van der Waals surface area contributed by atoms with Crippen LogP contribution in [0.4, 0.5) is 5.69 Å². The van der Waals surface area contributed by atoms with Crippen molar-refractivity contribution in [3.63, 3.8) is 0 Å². The maximum Gasteiger partial charge on any atom is 0.335 e. The number of benzene rings is 2. The van der Waals surface area contributed by atoms with Crippen molar-refractivity contribution in [2.45, 2.75) is 13.3 Å². The quantitative estimate of drug-likeness (QED) is 0.617. The monoisotopic (exact) mass is 343 g/mol. The van der Waals surface area contributed by atoms with Gasteiger partial charge in [0.15, 0.2) is 11.5 Å². The number of anilines is 1. The van der Waals surface area contributed by atoms with Gasteiger partial charge in [0.1, 0.15) is 0 Å². The molecule has 25 heavy (non-hydrogen) atoms. The van der Waals surface area contributed by atoms with Crippen molar-refractivity contribution in [1.82, 2.24) is 0 Å². The lowest BCUT2D eigenvalue weighted by Gasteiger charge is -2.11. The van der Waals surface area contributed by atoms with Crippen LogP contribution < -0.4 is 14.8 Å². The summed E-state index contributed by atoms with van der Waals surface area (Å²) in [7, 11) is 1.41. The van der Waals surface area contributed by atoms with Crippen molar-refractivity contribution >= 4 is 23.5 Å². The number of carboxylic acids is 1. The van der Waals surface area contributed by atoms with E-state index in [1.54, 1.807) is 6.92 Å². The second-order valence-corrected chi connectivity index (χ2v) is 5.03. The first-order valence-electron chi connectivity index (χ1n) is 7.48. The van der Waals surface area contributed by atoms with E-state index < -0.39 is 17.8 Å². The van der Waals surface area contributed by atoms with Crippen LogP contribution in [0.1, 0.15) is 34.1 Å². The number of esters is 1. The zero-order valence-electron chi connectivity index (χ0n) is 13.7. The molecule has 0 bridgehead atoms. The Labute approximate surface area is 144 Å². The topological polar surface area (TPSA) is 102 Å². The molecule has 0 spiro atoms. The minimum atomic E-state index is -1.04. The minimum absolute atomic E-state index is 0.127. The lowest BCUT2D eigenvalue weighted by Crippen LogP contribution is -2.13. The van der Waals surface area contributed by atoms with E-state index in [1.807, 2.05) is 0 Å². The number of hydrogen-bond donors (Lipinski definition) is 2. The van der Waals surface area contributed by atoms with E-state index in [0.29, 0.717) is 11.3 Å². The number of methoxy groups -OCH3 is 1. The van der Waals surface area contributed by atoms with Gasteiger partial charge in [0, 0.05) is 17.7 Å². The molecule has 2 aromatic carbocycles. The third-order valence-corrected chi connectivity index (χ3v) is 3.33. The van der Waals surface area contributed by atoms with Gasteiger partial charge in [-0.05, 0) is 42.5 Å². The highest BCUT2D eigenvalue weighted by Gasteiger charge is 2.14. The van der Waals surface area contributed by atoms with Crippen molar-refractivity contribution in [1.29, 1.82) is 0 Å². The molecule has 0 atom stereocenters. The summed E-state index contributed by atoms with van der Waals surface area (Å²) in [6.07, 6.45) is 0.220. The van der Waals surface area contributed by atoms with Crippen molar-refractivity contribution in [3.05, 3.63) is 53.6 Å². The number of aromatic carboxylic acids is 1. The van der Waals surface area contributed by atoms with E-state index in [1.165, 1.54) is 49.6 Å². The van der Waals surface area contributed by atoms with Gasteiger partial charge in [-0.25, -0.2) is 4.79 Å². The predicted molar refractivity (Wildman–Crippen MR) is 90.3 cm³/mol. The van der Waals surface area contributed by atoms with E-state index in [9.17, 15) is 14.4 Å². The fourth-order valence-electron chi connectivity index (χ4n) is 1.99. The number of carbonyl (C=O) groups excluding carboxylic acids is 2. The summed E-state index contributed by atoms with van der Waals surface area (Å²) >= 11 is 0. The first-order valence-corrected chi connectivity index (χ1v) is 7.48. The van der Waals surface area contributed by atoms with Gasteiger partial charge in [0.25, 0.3) is 5.91 Å². The number of carboxylic acid groups (broad SMARTS) is 1. The summed E-state index contributed by atoms with van der Waals surface area (Å²) in [4.78, 5) is 34.5. The standard InChI is InChI=1S/C18H17NO6/c1-3-16(20)25-14-9-6-12(10-15(14)24-2)17(21)19-13-7-4-11(5-8-13)18(22)23/h4-10H,3H2,1-2H3,(H,19,21)(H,22,23). The fourth-order valence-corrected chi connectivity index (χ4v) is 1.99. The molecule has 7 nitrogen and oxygen atoms in total. The highest BCUT2D eigenvalue weighted by Crippen LogP contribution is 2.28. The smallest absolute Gasteiger partial charge is 0.335 e. The fraction of sp³-hybridized carbons (Fsp3) is 0.167. The summed E-state index contributed by atoms with van der Waals surface area (Å²) in [5.41, 5.74) is 0.882. The van der Waals surface area contributed by atoms with E-state index in [0.717, 1.165) is 0 Å². The van der Waals surface area contributed by atoms with Crippen molar-refractivity contribution in [2.75, 3.05) is 12.4 Å². The molecular weight excluding hydrogens is 326 g/mol. The third-order valence-electron chi connectivity index (χ3n) is 3.33. The highest BCUT2D eigenvalue weighted by atomic mass is 16.6. The second-order valence-electron chi connectivity index (χ2n) is 5.03. The number of hydrogen-bond acceptors (Lipinski definition) is 5. The molecule has 2 rings (SSSR count). The first kappa shape index (κ1) is 18.0. The second kappa shape index (κ2) is 7.96. The van der Waals surface area contributed by atoms with E-state index in [4.69, 9.17) is 14.6 Å². The largest absolute Gasteiger partial charge is 0.493 e. The number of nitrogens with one attached hydrogen (secondary N) is 1. The molecule has 0 aliphatic rings. The van der Waals surface area contributed by atoms with Crippen LogP contribution in [0, 0.1) is 0 Å². The molecule has 0 fully saturated rings. The van der Waals surface area contributed by atoms with Gasteiger partial charge in [0.05, 0.1) is 12.7 Å². The molecule has 0 aromatic heterocycles. The summed E-state index contributed by atoms with van der Waals surface area (Å²) in [6, 6.07) is 10.2. The highest BCUT2D eigenvalue weighted by molar-refractivity contribution is 6.05. The zero-order chi connectivity index (χ0) is 18.4. The summed E-state index contributed by atoms with van der Waals surface area (Å²) in [5.74, 6) is -1.36. The molecule has 7 heteroatoms. The van der Waals surface area contributed by atoms with E-state index in [-0.39, 0.29) is 23.5 Å². The molecule has 130 valence electrons. The Hall–Kier alpha value is -3.35. The molecule has 0 aliphatic heterocycles. The van der Waals surface area contributed by atoms with Crippen molar-refractivity contribution in [2.24, 2.45) is 0 Å². The molecule has 2 N–H and O–H groups in total. The lowest BCUT2D eigenvalue weighted by atomic mass is 10.1. The summed E-state index contributed by atoms with van der Waals surface area (Å²) in [5, 5.41) is 11.5. The maximum absolute atomic E-state index is 12.3. The Bertz CT molecular complexity index is 798. The zero-order valence-corrected chi connectivity index (χ0v) is 13.7. The number of rotatable bonds is 6. The van der Waals surface area contributed by atoms with E-state index >= 15 is 0 Å². The number of carbonyl (C=O) groups is 3. The average Bonchev–Trinajstić information content (AvgIpc) is 2.62. The van der Waals surface area contributed by atoms with Crippen LogP contribution in [0.15, 0.2) is 42.5 Å². The molecule has 0 saturated heterocycles. The van der Waals surface area contributed by atoms with Gasteiger partial charge in [-0.3, -0.25) is 9.59 Å². The van der Waals surface area contributed by atoms with Crippen LogP contribution in [-0.4, -0.2) is 30.1 Å². The molecule has 0 aliphatic carbocycles. The Morgan fingerprint density at radius 1 is 1.00 bits per heavy atom. The van der Waals surface area contributed by atoms with Crippen LogP contribution in [0.2, 0.25) is 0 Å². The molecule has 2 aromatic rings. The third kappa shape index (κ3) is 4.57. The number of ether oxygens (including phenoxy) is 2. The molecular formula is C18H17NO6. The van der Waals surface area contributed by atoms with Gasteiger partial charge in [-0.15, -0.1) is 0 Å². The van der Waals surface area contributed by atoms with Crippen LogP contribution in [0.3, 0.4) is 0 Å². The Balaban J connectivity index is 2.15. The summed E-state index contributed by atoms with van der Waals surface area (Å²) < 4.78 is 10.3. The Morgan fingerprint density at radius 3 is 2.20 bits per heavy atom. The van der Waals surface area contributed by atoms with Crippen LogP contribution in [0.5, 0.6) is 11.5 Å². The van der Waals surface area contributed by atoms with Gasteiger partial charge in [0.2, 0.25) is 0 Å². The molecule has 0 saturated carbocycles. The van der Waals surface area contributed by atoms with Crippen LogP contribution in [-0.2, 0) is 4.79 Å². The number of amides is 1. The van der Waals surface area contributed by atoms with Crippen LogP contribution >= 0.6 is 0 Å².